The number of rotatable bonds is 8. The first-order valence-electron chi connectivity index (χ1n) is 6.86. The van der Waals surface area contributed by atoms with E-state index >= 15 is 0 Å². The van der Waals surface area contributed by atoms with Gasteiger partial charge in [-0.05, 0) is 13.3 Å². The van der Waals surface area contributed by atoms with Crippen molar-refractivity contribution < 1.29 is 8.42 Å². The Labute approximate surface area is 153 Å². The van der Waals surface area contributed by atoms with Gasteiger partial charge < -0.3 is 10.6 Å². The smallest absolute Gasteiger partial charge is 0.211 e. The summed E-state index contributed by atoms with van der Waals surface area (Å²) in [5.74, 6) is 0.711. The van der Waals surface area contributed by atoms with E-state index in [-0.39, 0.29) is 29.7 Å². The lowest BCUT2D eigenvalue weighted by molar-refractivity contribution is 0.582. The summed E-state index contributed by atoms with van der Waals surface area (Å²) >= 11 is 1.67. The van der Waals surface area contributed by atoms with Crippen molar-refractivity contribution in [3.8, 4) is 0 Å². The molecule has 22 heavy (non-hydrogen) atoms. The fourth-order valence-corrected chi connectivity index (χ4v) is 2.88. The quantitative estimate of drug-likeness (QED) is 0.232. The van der Waals surface area contributed by atoms with E-state index in [0.717, 1.165) is 11.4 Å². The topological polar surface area (TPSA) is 95.5 Å². The molecule has 0 atom stereocenters. The molecule has 1 heterocycles. The fraction of sp³-hybridized carbons (Fsp3) is 0.667. The number of aliphatic imine (C=N–C) groups is 1. The van der Waals surface area contributed by atoms with Crippen molar-refractivity contribution in [2.45, 2.75) is 26.8 Å². The number of hydrogen-bond donors (Lipinski definition) is 3. The average Bonchev–Trinajstić information content (AvgIpc) is 2.94. The largest absolute Gasteiger partial charge is 0.355 e. The van der Waals surface area contributed by atoms with Crippen LogP contribution in [0.4, 0.5) is 0 Å². The number of hydrogen-bond acceptors (Lipinski definition) is 5. The standard InChI is InChI=1S/C12H23N5O2S2.HI/c1-4-10-8-15-11(20-10)9-16-12(13-3)14-6-7-17-21(18,19)5-2;/h8,17H,4-7,9H2,1-3H3,(H2,13,14,16);1H. The van der Waals surface area contributed by atoms with Gasteiger partial charge in [0.25, 0.3) is 0 Å². The van der Waals surface area contributed by atoms with E-state index in [2.05, 4.69) is 32.3 Å². The lowest BCUT2D eigenvalue weighted by Crippen LogP contribution is -2.41. The van der Waals surface area contributed by atoms with Gasteiger partial charge in [0.05, 0.1) is 12.3 Å². The van der Waals surface area contributed by atoms with E-state index in [4.69, 9.17) is 0 Å². The zero-order chi connectivity index (χ0) is 15.7. The third-order valence-corrected chi connectivity index (χ3v) is 5.25. The summed E-state index contributed by atoms with van der Waals surface area (Å²) < 4.78 is 25.0. The Morgan fingerprint density at radius 1 is 1.32 bits per heavy atom. The number of guanidine groups is 1. The average molecular weight is 461 g/mol. The summed E-state index contributed by atoms with van der Waals surface area (Å²) in [6.45, 7) is 5.10. The number of aromatic nitrogens is 1. The van der Waals surface area contributed by atoms with Crippen LogP contribution in [0.25, 0.3) is 0 Å². The van der Waals surface area contributed by atoms with Gasteiger partial charge in [-0.2, -0.15) is 0 Å². The van der Waals surface area contributed by atoms with Gasteiger partial charge in [-0.15, -0.1) is 35.3 Å². The fourth-order valence-electron chi connectivity index (χ4n) is 1.46. The molecule has 0 saturated carbocycles. The summed E-state index contributed by atoms with van der Waals surface area (Å²) in [5, 5.41) is 7.19. The third kappa shape index (κ3) is 8.25. The number of thiazole rings is 1. The summed E-state index contributed by atoms with van der Waals surface area (Å²) in [4.78, 5) is 9.65. The summed E-state index contributed by atoms with van der Waals surface area (Å²) in [7, 11) is -1.47. The van der Waals surface area contributed by atoms with E-state index in [1.165, 1.54) is 4.88 Å². The molecule has 7 nitrogen and oxygen atoms in total. The van der Waals surface area contributed by atoms with Crippen LogP contribution >= 0.6 is 35.3 Å². The Morgan fingerprint density at radius 2 is 2.05 bits per heavy atom. The second-order valence-corrected chi connectivity index (χ2v) is 7.52. The number of aryl methyl sites for hydroxylation is 1. The van der Waals surface area contributed by atoms with Crippen LogP contribution in [-0.2, 0) is 23.0 Å². The minimum absolute atomic E-state index is 0. The molecule has 0 fully saturated rings. The SMILES string of the molecule is CCc1cnc(CNC(=NC)NCCNS(=O)(=O)CC)s1.I. The molecule has 0 aliphatic rings. The Kier molecular flexibility index (Phi) is 10.9. The molecule has 0 bridgehead atoms. The zero-order valence-electron chi connectivity index (χ0n) is 13.0. The molecule has 0 aliphatic carbocycles. The van der Waals surface area contributed by atoms with Crippen molar-refractivity contribution in [3.63, 3.8) is 0 Å². The van der Waals surface area contributed by atoms with Crippen LogP contribution in [-0.4, -0.2) is 45.3 Å². The van der Waals surface area contributed by atoms with Crippen molar-refractivity contribution in [2.24, 2.45) is 4.99 Å². The van der Waals surface area contributed by atoms with Crippen LogP contribution in [0.15, 0.2) is 11.2 Å². The zero-order valence-corrected chi connectivity index (χ0v) is 17.0. The lowest BCUT2D eigenvalue weighted by atomic mass is 10.4. The van der Waals surface area contributed by atoms with Crippen LogP contribution in [0.5, 0.6) is 0 Å². The van der Waals surface area contributed by atoms with Gasteiger partial charge >= 0.3 is 0 Å². The molecule has 0 unspecified atom stereocenters. The van der Waals surface area contributed by atoms with E-state index < -0.39 is 10.0 Å². The van der Waals surface area contributed by atoms with E-state index in [1.807, 2.05) is 6.20 Å². The highest BCUT2D eigenvalue weighted by Crippen LogP contribution is 2.12. The molecule has 0 radical (unpaired) electrons. The van der Waals surface area contributed by atoms with Crippen LogP contribution in [0.1, 0.15) is 23.7 Å². The molecule has 1 aromatic heterocycles. The Hall–Kier alpha value is -0.460. The maximum Gasteiger partial charge on any atom is 0.211 e. The first kappa shape index (κ1) is 21.5. The van der Waals surface area contributed by atoms with Crippen molar-refractivity contribution >= 4 is 51.3 Å². The number of halogens is 1. The molecule has 0 amide bonds. The second-order valence-electron chi connectivity index (χ2n) is 4.22. The van der Waals surface area contributed by atoms with E-state index in [0.29, 0.717) is 25.6 Å². The van der Waals surface area contributed by atoms with Crippen LogP contribution < -0.4 is 15.4 Å². The van der Waals surface area contributed by atoms with Crippen molar-refractivity contribution in [1.82, 2.24) is 20.3 Å². The number of sulfonamides is 1. The third-order valence-electron chi connectivity index (χ3n) is 2.70. The van der Waals surface area contributed by atoms with Gasteiger partial charge in [-0.3, -0.25) is 4.99 Å². The van der Waals surface area contributed by atoms with Gasteiger partial charge in [0.2, 0.25) is 10.0 Å². The maximum absolute atomic E-state index is 11.3. The van der Waals surface area contributed by atoms with E-state index in [9.17, 15) is 8.42 Å². The first-order valence-corrected chi connectivity index (χ1v) is 9.33. The highest BCUT2D eigenvalue weighted by atomic mass is 127. The Morgan fingerprint density at radius 3 is 2.59 bits per heavy atom. The highest BCUT2D eigenvalue weighted by Gasteiger charge is 2.05. The Balaban J connectivity index is 0.00000441. The highest BCUT2D eigenvalue weighted by molar-refractivity contribution is 14.0. The van der Waals surface area contributed by atoms with Gasteiger partial charge in [0.1, 0.15) is 5.01 Å². The monoisotopic (exact) mass is 461 g/mol. The van der Waals surface area contributed by atoms with Gasteiger partial charge in [-0.25, -0.2) is 18.1 Å². The molecular formula is C12H24IN5O2S2. The molecule has 1 rings (SSSR count). The van der Waals surface area contributed by atoms with Gasteiger partial charge in [0, 0.05) is 31.2 Å². The molecule has 10 heteroatoms. The predicted molar refractivity (Wildman–Crippen MR) is 103 cm³/mol. The van der Waals surface area contributed by atoms with Crippen molar-refractivity contribution in [2.75, 3.05) is 25.9 Å². The molecule has 1 aromatic rings. The summed E-state index contributed by atoms with van der Waals surface area (Å²) in [5.41, 5.74) is 0. The first-order chi connectivity index (χ1) is 10.0. The Bertz CT molecular complexity index is 560. The molecule has 0 aliphatic heterocycles. The lowest BCUT2D eigenvalue weighted by Gasteiger charge is -2.11. The minimum atomic E-state index is -3.14. The van der Waals surface area contributed by atoms with Crippen LogP contribution in [0.2, 0.25) is 0 Å². The molecule has 3 N–H and O–H groups in total. The predicted octanol–water partition coefficient (Wildman–Crippen LogP) is 0.928. The van der Waals surface area contributed by atoms with Crippen LogP contribution in [0.3, 0.4) is 0 Å². The molecule has 128 valence electrons. The molecule has 0 spiro atoms. The maximum atomic E-state index is 11.3. The molecular weight excluding hydrogens is 437 g/mol. The summed E-state index contributed by atoms with van der Waals surface area (Å²) in [6, 6.07) is 0. The van der Waals surface area contributed by atoms with Crippen molar-refractivity contribution in [3.05, 3.63) is 16.1 Å². The minimum Gasteiger partial charge on any atom is -0.355 e. The van der Waals surface area contributed by atoms with Crippen LogP contribution in [0, 0.1) is 0 Å². The summed E-state index contributed by atoms with van der Waals surface area (Å²) in [6.07, 6.45) is 2.87. The second kappa shape index (κ2) is 11.1. The van der Waals surface area contributed by atoms with E-state index in [1.54, 1.807) is 25.3 Å². The number of nitrogens with one attached hydrogen (secondary N) is 3. The molecule has 0 saturated heterocycles. The van der Waals surface area contributed by atoms with Crippen molar-refractivity contribution in [1.29, 1.82) is 0 Å². The number of nitrogens with zero attached hydrogens (tertiary/aromatic N) is 2. The molecule has 0 aromatic carbocycles. The normalized spacial score (nSPS) is 11.9. The van der Waals surface area contributed by atoms with Gasteiger partial charge in [-0.1, -0.05) is 6.92 Å². The van der Waals surface area contributed by atoms with Gasteiger partial charge in [0.15, 0.2) is 5.96 Å².